The maximum Gasteiger partial charge on any atom is 0.352 e. The summed E-state index contributed by atoms with van der Waals surface area (Å²) >= 11 is 0. The molecule has 4 nitrogen and oxygen atoms in total. The predicted octanol–water partition coefficient (Wildman–Crippen LogP) is 1.67. The van der Waals surface area contributed by atoms with Gasteiger partial charge >= 0.3 is 5.97 Å². The van der Waals surface area contributed by atoms with Gasteiger partial charge in [0.2, 0.25) is 5.91 Å². The molecule has 0 unspecified atom stereocenters. The average Bonchev–Trinajstić information content (AvgIpc) is 2.28. The second-order valence-electron chi connectivity index (χ2n) is 3.31. The van der Waals surface area contributed by atoms with Gasteiger partial charge < -0.3 is 10.4 Å². The third-order valence-corrected chi connectivity index (χ3v) is 1.91. The number of hydrogen-bond donors (Lipinski definition) is 2. The summed E-state index contributed by atoms with van der Waals surface area (Å²) in [5.74, 6) is -6.85. The van der Waals surface area contributed by atoms with Crippen LogP contribution in [0.4, 0.5) is 13.2 Å². The fraction of sp³-hybridized carbons (Fsp3) is 0.0909. The highest BCUT2D eigenvalue weighted by Gasteiger charge is 2.15. The summed E-state index contributed by atoms with van der Waals surface area (Å²) < 4.78 is 38.8. The van der Waals surface area contributed by atoms with E-state index in [4.69, 9.17) is 5.11 Å². The normalized spacial score (nSPS) is 11.2. The highest BCUT2D eigenvalue weighted by molar-refractivity contribution is 5.96. The monoisotopic (exact) mass is 259 g/mol. The molecule has 1 amide bonds. The summed E-state index contributed by atoms with van der Waals surface area (Å²) in [6.07, 6.45) is 0.696. The molecule has 1 aromatic rings. The van der Waals surface area contributed by atoms with Crippen LogP contribution in [0.1, 0.15) is 12.5 Å². The number of halogens is 3. The van der Waals surface area contributed by atoms with Crippen molar-refractivity contribution in [2.45, 2.75) is 6.92 Å². The summed E-state index contributed by atoms with van der Waals surface area (Å²) in [6, 6.07) is 1.51. The lowest BCUT2D eigenvalue weighted by Gasteiger charge is -2.04. The number of carboxylic acids is 1. The molecule has 0 aliphatic carbocycles. The number of hydrogen-bond acceptors (Lipinski definition) is 2. The van der Waals surface area contributed by atoms with E-state index in [0.29, 0.717) is 12.1 Å². The van der Waals surface area contributed by atoms with E-state index in [1.807, 2.05) is 5.32 Å². The lowest BCUT2D eigenvalue weighted by atomic mass is 10.1. The van der Waals surface area contributed by atoms with Gasteiger partial charge in [-0.1, -0.05) is 0 Å². The first-order valence-corrected chi connectivity index (χ1v) is 4.69. The van der Waals surface area contributed by atoms with E-state index in [2.05, 4.69) is 0 Å². The van der Waals surface area contributed by atoms with Crippen molar-refractivity contribution in [3.63, 3.8) is 0 Å². The first-order chi connectivity index (χ1) is 8.32. The Morgan fingerprint density at radius 1 is 1.22 bits per heavy atom. The molecule has 1 rings (SSSR count). The molecular weight excluding hydrogens is 251 g/mol. The van der Waals surface area contributed by atoms with Crippen molar-refractivity contribution >= 4 is 18.0 Å². The Morgan fingerprint density at radius 3 is 2.33 bits per heavy atom. The van der Waals surface area contributed by atoms with Gasteiger partial charge in [-0.05, 0) is 18.2 Å². The lowest BCUT2D eigenvalue weighted by Crippen LogP contribution is -2.24. The maximum atomic E-state index is 13.3. The fourth-order valence-corrected chi connectivity index (χ4v) is 1.15. The van der Waals surface area contributed by atoms with Crippen molar-refractivity contribution in [3.05, 3.63) is 40.8 Å². The predicted molar refractivity (Wildman–Crippen MR) is 55.7 cm³/mol. The molecule has 2 N–H and O–H groups in total. The molecule has 0 aromatic heterocycles. The van der Waals surface area contributed by atoms with Crippen LogP contribution in [-0.4, -0.2) is 17.0 Å². The molecule has 0 aliphatic heterocycles. The van der Waals surface area contributed by atoms with Gasteiger partial charge in [-0.25, -0.2) is 18.0 Å². The zero-order chi connectivity index (χ0) is 13.9. The zero-order valence-corrected chi connectivity index (χ0v) is 9.13. The maximum absolute atomic E-state index is 13.3. The molecule has 0 saturated heterocycles. The smallest absolute Gasteiger partial charge is 0.352 e. The first kappa shape index (κ1) is 13.8. The molecule has 1 aromatic carbocycles. The van der Waals surface area contributed by atoms with E-state index < -0.39 is 40.6 Å². The molecule has 0 saturated carbocycles. The summed E-state index contributed by atoms with van der Waals surface area (Å²) in [4.78, 5) is 21.4. The molecule has 0 fully saturated rings. The van der Waals surface area contributed by atoms with Crippen LogP contribution >= 0.6 is 0 Å². The topological polar surface area (TPSA) is 66.4 Å². The summed E-state index contributed by atoms with van der Waals surface area (Å²) in [6.45, 7) is 1.05. The van der Waals surface area contributed by atoms with Gasteiger partial charge in [-0.3, -0.25) is 4.79 Å². The molecule has 0 bridgehead atoms. The minimum absolute atomic E-state index is 0.486. The van der Waals surface area contributed by atoms with Crippen LogP contribution in [0.15, 0.2) is 17.8 Å². The number of benzene rings is 1. The van der Waals surface area contributed by atoms with Gasteiger partial charge in [0.15, 0.2) is 17.5 Å². The van der Waals surface area contributed by atoms with Gasteiger partial charge in [-0.2, -0.15) is 0 Å². The van der Waals surface area contributed by atoms with Crippen molar-refractivity contribution in [1.29, 1.82) is 0 Å². The summed E-state index contributed by atoms with van der Waals surface area (Å²) in [5, 5.41) is 10.7. The molecule has 0 atom stereocenters. The SMILES string of the molecule is CC(=O)N/C(=C/c1ccc(F)c(F)c1F)C(=O)O. The quantitative estimate of drug-likeness (QED) is 0.641. The Balaban J connectivity index is 3.24. The van der Waals surface area contributed by atoms with Crippen molar-refractivity contribution in [2.24, 2.45) is 0 Å². The van der Waals surface area contributed by atoms with Gasteiger partial charge in [0, 0.05) is 12.5 Å². The van der Waals surface area contributed by atoms with Gasteiger partial charge in [-0.15, -0.1) is 0 Å². The standard InChI is InChI=1S/C11H8F3NO3/c1-5(16)15-8(11(17)18)4-6-2-3-7(12)10(14)9(6)13/h2-4H,1H3,(H,15,16)(H,17,18)/b8-4+. The molecule has 0 radical (unpaired) electrons. The van der Waals surface area contributed by atoms with Crippen molar-refractivity contribution in [2.75, 3.05) is 0 Å². The number of carbonyl (C=O) groups is 2. The number of rotatable bonds is 3. The van der Waals surface area contributed by atoms with Crippen molar-refractivity contribution < 1.29 is 27.9 Å². The Kier molecular flexibility index (Phi) is 4.09. The summed E-state index contributed by atoms with van der Waals surface area (Å²) in [7, 11) is 0. The van der Waals surface area contributed by atoms with Gasteiger partial charge in [0.05, 0.1) is 0 Å². The van der Waals surface area contributed by atoms with Gasteiger partial charge in [0.1, 0.15) is 5.70 Å². The second kappa shape index (κ2) is 5.35. The van der Waals surface area contributed by atoms with Crippen molar-refractivity contribution in [1.82, 2.24) is 5.32 Å². The average molecular weight is 259 g/mol. The van der Waals surface area contributed by atoms with Crippen molar-refractivity contribution in [3.8, 4) is 0 Å². The Hall–Kier alpha value is -2.31. The number of nitrogens with one attached hydrogen (secondary N) is 1. The van der Waals surface area contributed by atoms with Crippen LogP contribution in [0, 0.1) is 17.5 Å². The van der Waals surface area contributed by atoms with E-state index >= 15 is 0 Å². The minimum Gasteiger partial charge on any atom is -0.477 e. The van der Waals surface area contributed by atoms with Crippen LogP contribution in [0.5, 0.6) is 0 Å². The van der Waals surface area contributed by atoms with E-state index in [0.717, 1.165) is 13.0 Å². The van der Waals surface area contributed by atoms with Crippen LogP contribution in [0.3, 0.4) is 0 Å². The largest absolute Gasteiger partial charge is 0.477 e. The van der Waals surface area contributed by atoms with Crippen LogP contribution in [0.2, 0.25) is 0 Å². The number of aliphatic carboxylic acids is 1. The van der Waals surface area contributed by atoms with E-state index in [1.165, 1.54) is 0 Å². The molecule has 0 aliphatic rings. The Morgan fingerprint density at radius 2 is 1.83 bits per heavy atom. The highest BCUT2D eigenvalue weighted by atomic mass is 19.2. The molecular formula is C11H8F3NO3. The van der Waals surface area contributed by atoms with Crippen LogP contribution in [-0.2, 0) is 9.59 Å². The lowest BCUT2D eigenvalue weighted by molar-refractivity contribution is -0.134. The third kappa shape index (κ3) is 3.09. The number of amides is 1. The van der Waals surface area contributed by atoms with E-state index in [1.54, 1.807) is 0 Å². The second-order valence-corrected chi connectivity index (χ2v) is 3.31. The number of carboxylic acid groups (broad SMARTS) is 1. The summed E-state index contributed by atoms with van der Waals surface area (Å²) in [5.41, 5.74) is -1.13. The minimum atomic E-state index is -1.71. The first-order valence-electron chi connectivity index (χ1n) is 4.69. The zero-order valence-electron chi connectivity index (χ0n) is 9.13. The Labute approximate surface area is 99.7 Å². The molecule has 18 heavy (non-hydrogen) atoms. The Bertz CT molecular complexity index is 541. The third-order valence-electron chi connectivity index (χ3n) is 1.91. The van der Waals surface area contributed by atoms with Crippen LogP contribution in [0.25, 0.3) is 6.08 Å². The number of carbonyl (C=O) groups excluding carboxylic acids is 1. The van der Waals surface area contributed by atoms with E-state index in [-0.39, 0.29) is 0 Å². The fourth-order valence-electron chi connectivity index (χ4n) is 1.15. The molecule has 96 valence electrons. The van der Waals surface area contributed by atoms with E-state index in [9.17, 15) is 22.8 Å². The molecule has 0 heterocycles. The molecule has 7 heteroatoms. The van der Waals surface area contributed by atoms with Crippen LogP contribution < -0.4 is 5.32 Å². The van der Waals surface area contributed by atoms with Gasteiger partial charge in [0.25, 0.3) is 0 Å². The highest BCUT2D eigenvalue weighted by Crippen LogP contribution is 2.17. The molecule has 0 spiro atoms.